The molecular formula is C23H20ClF2N9O. The summed E-state index contributed by atoms with van der Waals surface area (Å²) in [5, 5.41) is 8.05. The van der Waals surface area contributed by atoms with Gasteiger partial charge in [-0.1, -0.05) is 11.6 Å². The number of carbonyl (C=O) groups is 1. The highest BCUT2D eigenvalue weighted by Crippen LogP contribution is 2.45. The first-order chi connectivity index (χ1) is 17.0. The minimum Gasteiger partial charge on any atom is -0.383 e. The van der Waals surface area contributed by atoms with Crippen LogP contribution in [0.2, 0.25) is 5.02 Å². The number of nitrogens with zero attached hydrogens (tertiary/aromatic N) is 7. The van der Waals surface area contributed by atoms with Crippen LogP contribution in [0.15, 0.2) is 24.5 Å². The van der Waals surface area contributed by atoms with Gasteiger partial charge in [0.05, 0.1) is 27.9 Å². The number of aryl methyl sites for hydroxylation is 1. The number of hydrogen-bond donors (Lipinski definition) is 2. The van der Waals surface area contributed by atoms with Gasteiger partial charge in [-0.15, -0.1) is 0 Å². The highest BCUT2D eigenvalue weighted by Gasteiger charge is 2.49. The second kappa shape index (κ2) is 7.60. The van der Waals surface area contributed by atoms with E-state index in [1.54, 1.807) is 37.0 Å². The van der Waals surface area contributed by atoms with Gasteiger partial charge < -0.3 is 11.1 Å². The van der Waals surface area contributed by atoms with Crippen molar-refractivity contribution in [2.75, 3.05) is 11.1 Å². The molecule has 1 saturated carbocycles. The molecule has 1 amide bonds. The summed E-state index contributed by atoms with van der Waals surface area (Å²) in [7, 11) is 1.73. The third kappa shape index (κ3) is 3.39. The maximum atomic E-state index is 13.4. The lowest BCUT2D eigenvalue weighted by Gasteiger charge is -2.34. The molecule has 0 spiro atoms. The van der Waals surface area contributed by atoms with E-state index in [1.807, 2.05) is 0 Å². The van der Waals surface area contributed by atoms with Crippen molar-refractivity contribution in [2.45, 2.75) is 37.5 Å². The van der Waals surface area contributed by atoms with Crippen LogP contribution in [0.5, 0.6) is 0 Å². The number of rotatable bonds is 4. The van der Waals surface area contributed by atoms with Gasteiger partial charge in [0, 0.05) is 32.5 Å². The van der Waals surface area contributed by atoms with Gasteiger partial charge in [-0.3, -0.25) is 14.5 Å². The molecule has 4 aromatic heterocycles. The minimum atomic E-state index is -2.63. The van der Waals surface area contributed by atoms with Crippen molar-refractivity contribution >= 4 is 40.2 Å². The topological polar surface area (TPSA) is 137 Å². The van der Waals surface area contributed by atoms with E-state index in [1.165, 1.54) is 6.20 Å². The molecule has 184 valence electrons. The van der Waals surface area contributed by atoms with E-state index < -0.39 is 11.3 Å². The maximum Gasteiger partial charge on any atom is 0.248 e. The Labute approximate surface area is 208 Å². The number of anilines is 2. The molecule has 5 heterocycles. The molecular weight excluding hydrogens is 492 g/mol. The Morgan fingerprint density at radius 2 is 1.97 bits per heavy atom. The summed E-state index contributed by atoms with van der Waals surface area (Å²) >= 11 is 5.97. The molecule has 1 aliphatic heterocycles. The van der Waals surface area contributed by atoms with Crippen LogP contribution in [0.3, 0.4) is 0 Å². The number of nitrogen functional groups attached to an aromatic ring is 1. The fourth-order valence-electron chi connectivity index (χ4n) is 4.95. The van der Waals surface area contributed by atoms with Crippen LogP contribution in [0, 0.1) is 5.92 Å². The van der Waals surface area contributed by atoms with Gasteiger partial charge in [-0.05, 0) is 25.0 Å². The summed E-state index contributed by atoms with van der Waals surface area (Å²) in [4.78, 5) is 35.7. The second-order valence-corrected chi connectivity index (χ2v) is 9.86. The Morgan fingerprint density at radius 3 is 2.67 bits per heavy atom. The molecule has 3 N–H and O–H groups in total. The Bertz CT molecular complexity index is 1550. The molecule has 0 radical (unpaired) electrons. The number of halogens is 3. The van der Waals surface area contributed by atoms with E-state index in [0.29, 0.717) is 45.3 Å². The van der Waals surface area contributed by atoms with Gasteiger partial charge in [0.2, 0.25) is 11.8 Å². The molecule has 36 heavy (non-hydrogen) atoms. The van der Waals surface area contributed by atoms with Crippen LogP contribution in [-0.2, 0) is 23.7 Å². The van der Waals surface area contributed by atoms with Crippen LogP contribution in [-0.4, -0.2) is 46.5 Å². The van der Waals surface area contributed by atoms with Crippen LogP contribution >= 0.6 is 11.6 Å². The molecule has 1 unspecified atom stereocenters. The molecule has 13 heteroatoms. The third-order valence-electron chi connectivity index (χ3n) is 6.86. The largest absolute Gasteiger partial charge is 0.383 e. The summed E-state index contributed by atoms with van der Waals surface area (Å²) in [6.07, 6.45) is 2.94. The molecule has 0 saturated heterocycles. The van der Waals surface area contributed by atoms with Crippen molar-refractivity contribution in [3.8, 4) is 11.5 Å². The standard InChI is InChI=1S/C23H20ClF2N9O/c1-22(13-4-3-11(24)8-28-13)15-17(27)32-19(33-18(15)34-21(22)36)16-12-9-29-35(2)20(12)31-14(30-16)5-10-6-23(25,26)7-10/h3-4,8-10H,5-7H2,1-2H3,(H3,27,32,33,34,36). The summed E-state index contributed by atoms with van der Waals surface area (Å²) in [5.41, 5.74) is 6.90. The lowest BCUT2D eigenvalue weighted by molar-refractivity contribution is -0.119. The molecule has 6 rings (SSSR count). The molecule has 2 aliphatic rings. The van der Waals surface area contributed by atoms with Gasteiger partial charge >= 0.3 is 0 Å². The van der Waals surface area contributed by atoms with E-state index >= 15 is 0 Å². The van der Waals surface area contributed by atoms with Gasteiger partial charge in [0.25, 0.3) is 0 Å². The molecule has 1 atom stereocenters. The van der Waals surface area contributed by atoms with E-state index in [0.717, 1.165) is 0 Å². The lowest BCUT2D eigenvalue weighted by atomic mass is 9.79. The van der Waals surface area contributed by atoms with Gasteiger partial charge in [0.1, 0.15) is 28.6 Å². The second-order valence-electron chi connectivity index (χ2n) is 9.43. The molecule has 1 fully saturated rings. The minimum absolute atomic E-state index is 0.0865. The zero-order valence-corrected chi connectivity index (χ0v) is 20.0. The number of amides is 1. The van der Waals surface area contributed by atoms with Crippen molar-refractivity contribution in [3.63, 3.8) is 0 Å². The van der Waals surface area contributed by atoms with Crippen LogP contribution in [0.1, 0.15) is 36.8 Å². The average Bonchev–Trinajstić information content (AvgIpc) is 3.30. The number of carbonyl (C=O) groups excluding carboxylic acids is 1. The molecule has 0 bridgehead atoms. The fraction of sp³-hybridized carbons (Fsp3) is 0.348. The third-order valence-corrected chi connectivity index (χ3v) is 7.08. The van der Waals surface area contributed by atoms with Crippen molar-refractivity contribution in [1.29, 1.82) is 0 Å². The SMILES string of the molecule is Cn1ncc2c(-c3nc(N)c4c(n3)NC(=O)C4(C)c3ccc(Cl)cn3)nc(CC3CC(F)(F)C3)nc21. The lowest BCUT2D eigenvalue weighted by Crippen LogP contribution is -2.36. The first-order valence-corrected chi connectivity index (χ1v) is 11.6. The Balaban J connectivity index is 1.46. The van der Waals surface area contributed by atoms with Crippen LogP contribution < -0.4 is 11.1 Å². The number of nitrogens with one attached hydrogen (secondary N) is 1. The number of pyridine rings is 1. The predicted octanol–water partition coefficient (Wildman–Crippen LogP) is 3.30. The normalized spacial score (nSPS) is 20.9. The summed E-state index contributed by atoms with van der Waals surface area (Å²) in [6, 6.07) is 3.30. The van der Waals surface area contributed by atoms with Crippen LogP contribution in [0.4, 0.5) is 20.4 Å². The Kier molecular flexibility index (Phi) is 4.78. The number of nitrogens with two attached hydrogens (primary N) is 1. The first kappa shape index (κ1) is 22.7. The number of aromatic nitrogens is 7. The Hall–Kier alpha value is -3.80. The Morgan fingerprint density at radius 1 is 1.19 bits per heavy atom. The van der Waals surface area contributed by atoms with Crippen molar-refractivity contribution in [1.82, 2.24) is 34.7 Å². The molecule has 0 aromatic carbocycles. The summed E-state index contributed by atoms with van der Waals surface area (Å²) < 4.78 is 28.3. The van der Waals surface area contributed by atoms with E-state index in [4.69, 9.17) is 17.3 Å². The van der Waals surface area contributed by atoms with Crippen molar-refractivity contribution < 1.29 is 13.6 Å². The smallest absolute Gasteiger partial charge is 0.248 e. The average molecular weight is 512 g/mol. The predicted molar refractivity (Wildman–Crippen MR) is 127 cm³/mol. The van der Waals surface area contributed by atoms with E-state index in [-0.39, 0.29) is 42.1 Å². The van der Waals surface area contributed by atoms with Gasteiger partial charge in [-0.2, -0.15) is 5.10 Å². The zero-order chi connectivity index (χ0) is 25.4. The summed E-state index contributed by atoms with van der Waals surface area (Å²) in [6.45, 7) is 1.69. The van der Waals surface area contributed by atoms with Crippen LogP contribution in [0.25, 0.3) is 22.6 Å². The van der Waals surface area contributed by atoms with E-state index in [9.17, 15) is 13.6 Å². The van der Waals surface area contributed by atoms with Gasteiger partial charge in [0.15, 0.2) is 11.5 Å². The highest BCUT2D eigenvalue weighted by atomic mass is 35.5. The maximum absolute atomic E-state index is 13.4. The quantitative estimate of drug-likeness (QED) is 0.425. The number of hydrogen-bond acceptors (Lipinski definition) is 8. The number of fused-ring (bicyclic) bond motifs is 2. The fourth-order valence-corrected chi connectivity index (χ4v) is 5.06. The summed E-state index contributed by atoms with van der Waals surface area (Å²) in [5.74, 6) is -2.31. The van der Waals surface area contributed by atoms with Crippen molar-refractivity contribution in [2.24, 2.45) is 13.0 Å². The zero-order valence-electron chi connectivity index (χ0n) is 19.3. The monoisotopic (exact) mass is 511 g/mol. The molecule has 4 aromatic rings. The molecule has 1 aliphatic carbocycles. The molecule has 10 nitrogen and oxygen atoms in total. The number of alkyl halides is 2. The van der Waals surface area contributed by atoms with Crippen molar-refractivity contribution in [3.05, 3.63) is 46.6 Å². The highest BCUT2D eigenvalue weighted by molar-refractivity contribution is 6.30. The van der Waals surface area contributed by atoms with Gasteiger partial charge in [-0.25, -0.2) is 28.7 Å². The van der Waals surface area contributed by atoms with E-state index in [2.05, 4.69) is 35.3 Å². The first-order valence-electron chi connectivity index (χ1n) is 11.2.